The first-order chi connectivity index (χ1) is 9.11. The number of carboxylic acids is 1. The van der Waals surface area contributed by atoms with E-state index in [1.54, 1.807) is 13.2 Å². The molecular weight excluding hydrogens is 316 g/mol. The van der Waals surface area contributed by atoms with Crippen LogP contribution in [0.2, 0.25) is 0 Å². The summed E-state index contributed by atoms with van der Waals surface area (Å²) in [4.78, 5) is 10.7. The van der Waals surface area contributed by atoms with Gasteiger partial charge in [-0.25, -0.2) is 4.79 Å². The van der Waals surface area contributed by atoms with E-state index >= 15 is 0 Å². The second-order valence-electron chi connectivity index (χ2n) is 3.67. The molecule has 100 valence electrons. The van der Waals surface area contributed by atoms with Crippen LogP contribution in [0.1, 0.15) is 16.1 Å². The number of ether oxygens (including phenoxy) is 2. The Morgan fingerprint density at radius 3 is 2.89 bits per heavy atom. The van der Waals surface area contributed by atoms with Crippen LogP contribution in [0, 0.1) is 0 Å². The highest BCUT2D eigenvalue weighted by Crippen LogP contribution is 2.35. The number of aromatic carboxylic acids is 1. The van der Waals surface area contributed by atoms with E-state index in [4.69, 9.17) is 19.0 Å². The molecule has 1 N–H and O–H groups in total. The van der Waals surface area contributed by atoms with Gasteiger partial charge < -0.3 is 19.0 Å². The summed E-state index contributed by atoms with van der Waals surface area (Å²) in [5.74, 6) is 0.515. The normalized spacial score (nSPS) is 10.2. The summed E-state index contributed by atoms with van der Waals surface area (Å²) in [5.41, 5.74) is 0.0951. The molecule has 5 nitrogen and oxygen atoms in total. The molecule has 1 heterocycles. The monoisotopic (exact) mass is 326 g/mol. The van der Waals surface area contributed by atoms with E-state index in [1.807, 2.05) is 12.1 Å². The summed E-state index contributed by atoms with van der Waals surface area (Å²) < 4.78 is 16.6. The average Bonchev–Trinajstić information content (AvgIpc) is 2.86. The van der Waals surface area contributed by atoms with Gasteiger partial charge >= 0.3 is 5.97 Å². The minimum absolute atomic E-state index is 0.0951. The van der Waals surface area contributed by atoms with Crippen molar-refractivity contribution in [3.05, 3.63) is 46.3 Å². The van der Waals surface area contributed by atoms with Gasteiger partial charge in [0, 0.05) is 0 Å². The zero-order chi connectivity index (χ0) is 13.8. The zero-order valence-corrected chi connectivity index (χ0v) is 11.6. The number of para-hydroxylation sites is 1. The summed E-state index contributed by atoms with van der Waals surface area (Å²) in [5, 5.41) is 8.78. The minimum atomic E-state index is -1.03. The Balaban J connectivity index is 2.12. The average molecular weight is 327 g/mol. The van der Waals surface area contributed by atoms with Gasteiger partial charge in [0.25, 0.3) is 0 Å². The smallest absolute Gasteiger partial charge is 0.338 e. The van der Waals surface area contributed by atoms with E-state index in [2.05, 4.69) is 15.9 Å². The van der Waals surface area contributed by atoms with Crippen molar-refractivity contribution in [3.63, 3.8) is 0 Å². The van der Waals surface area contributed by atoms with Crippen molar-refractivity contribution >= 4 is 21.9 Å². The van der Waals surface area contributed by atoms with Gasteiger partial charge in [-0.3, -0.25) is 0 Å². The molecule has 0 saturated carbocycles. The van der Waals surface area contributed by atoms with Gasteiger partial charge in [0.2, 0.25) is 0 Å². The third-order valence-corrected chi connectivity index (χ3v) is 3.03. The number of hydrogen-bond donors (Lipinski definition) is 1. The molecular formula is C13H11BrO5. The van der Waals surface area contributed by atoms with E-state index < -0.39 is 5.97 Å². The van der Waals surface area contributed by atoms with Gasteiger partial charge in [0.1, 0.15) is 18.6 Å². The first kappa shape index (κ1) is 13.5. The van der Waals surface area contributed by atoms with Gasteiger partial charge in [-0.2, -0.15) is 0 Å². The molecule has 2 rings (SSSR count). The molecule has 1 aromatic heterocycles. The lowest BCUT2D eigenvalue weighted by molar-refractivity contribution is 0.0696. The molecule has 0 atom stereocenters. The minimum Gasteiger partial charge on any atom is -0.493 e. The third-order valence-electron chi connectivity index (χ3n) is 2.41. The number of carbonyl (C=O) groups is 1. The Hall–Kier alpha value is -1.95. The molecule has 0 radical (unpaired) electrons. The lowest BCUT2D eigenvalue weighted by Gasteiger charge is -2.10. The van der Waals surface area contributed by atoms with Crippen molar-refractivity contribution in [1.82, 2.24) is 0 Å². The lowest BCUT2D eigenvalue weighted by atomic mass is 10.3. The van der Waals surface area contributed by atoms with E-state index in [0.717, 1.165) is 4.47 Å². The maximum absolute atomic E-state index is 10.7. The SMILES string of the molecule is COc1cccc(Br)c1OCc1cc(C(=O)O)co1. The summed E-state index contributed by atoms with van der Waals surface area (Å²) in [6.45, 7) is 0.117. The molecule has 0 aliphatic carbocycles. The van der Waals surface area contributed by atoms with Crippen molar-refractivity contribution < 1.29 is 23.8 Å². The summed E-state index contributed by atoms with van der Waals surface area (Å²) >= 11 is 3.36. The lowest BCUT2D eigenvalue weighted by Crippen LogP contribution is -1.98. The van der Waals surface area contributed by atoms with Gasteiger partial charge in [0.05, 0.1) is 17.1 Å². The van der Waals surface area contributed by atoms with Crippen molar-refractivity contribution in [2.24, 2.45) is 0 Å². The first-order valence-corrected chi connectivity index (χ1v) is 6.17. The van der Waals surface area contributed by atoms with Crippen molar-refractivity contribution in [2.45, 2.75) is 6.61 Å². The Bertz CT molecular complexity index is 590. The van der Waals surface area contributed by atoms with Crippen LogP contribution in [-0.4, -0.2) is 18.2 Å². The molecule has 0 fully saturated rings. The van der Waals surface area contributed by atoms with Crippen molar-refractivity contribution in [3.8, 4) is 11.5 Å². The van der Waals surface area contributed by atoms with E-state index in [9.17, 15) is 4.79 Å². The molecule has 6 heteroatoms. The van der Waals surface area contributed by atoms with Crippen molar-refractivity contribution in [2.75, 3.05) is 7.11 Å². The molecule has 0 aliphatic rings. The number of rotatable bonds is 5. The van der Waals surface area contributed by atoms with Crippen LogP contribution in [0.25, 0.3) is 0 Å². The largest absolute Gasteiger partial charge is 0.493 e. The highest BCUT2D eigenvalue weighted by Gasteiger charge is 2.12. The maximum Gasteiger partial charge on any atom is 0.338 e. The highest BCUT2D eigenvalue weighted by molar-refractivity contribution is 9.10. The topological polar surface area (TPSA) is 68.9 Å². The van der Waals surface area contributed by atoms with Crippen LogP contribution < -0.4 is 9.47 Å². The quantitative estimate of drug-likeness (QED) is 0.912. The van der Waals surface area contributed by atoms with Crippen LogP contribution >= 0.6 is 15.9 Å². The molecule has 0 spiro atoms. The van der Waals surface area contributed by atoms with Crippen LogP contribution in [0.5, 0.6) is 11.5 Å². The summed E-state index contributed by atoms with van der Waals surface area (Å²) in [6, 6.07) is 6.84. The van der Waals surface area contributed by atoms with E-state index in [1.165, 1.54) is 12.3 Å². The molecule has 0 bridgehead atoms. The fourth-order valence-electron chi connectivity index (χ4n) is 1.50. The Kier molecular flexibility index (Phi) is 4.11. The first-order valence-electron chi connectivity index (χ1n) is 5.38. The van der Waals surface area contributed by atoms with Gasteiger partial charge in [-0.1, -0.05) is 6.07 Å². The number of furan rings is 1. The molecule has 0 saturated heterocycles. The third kappa shape index (κ3) is 3.08. The predicted octanol–water partition coefficient (Wildman–Crippen LogP) is 3.33. The van der Waals surface area contributed by atoms with Gasteiger partial charge in [-0.15, -0.1) is 0 Å². The highest BCUT2D eigenvalue weighted by atomic mass is 79.9. The van der Waals surface area contributed by atoms with Crippen LogP contribution in [-0.2, 0) is 6.61 Å². The fourth-order valence-corrected chi connectivity index (χ4v) is 1.96. The molecule has 1 aromatic carbocycles. The fraction of sp³-hybridized carbons (Fsp3) is 0.154. The van der Waals surface area contributed by atoms with Gasteiger partial charge in [0.15, 0.2) is 11.5 Å². The van der Waals surface area contributed by atoms with E-state index in [-0.39, 0.29) is 12.2 Å². The zero-order valence-electron chi connectivity index (χ0n) is 10.1. The molecule has 2 aromatic rings. The van der Waals surface area contributed by atoms with Crippen LogP contribution in [0.4, 0.5) is 0 Å². The number of hydrogen-bond acceptors (Lipinski definition) is 4. The number of halogens is 1. The molecule has 0 aliphatic heterocycles. The summed E-state index contributed by atoms with van der Waals surface area (Å²) in [7, 11) is 1.55. The molecule has 19 heavy (non-hydrogen) atoms. The number of benzene rings is 1. The predicted molar refractivity (Wildman–Crippen MR) is 70.7 cm³/mol. The van der Waals surface area contributed by atoms with Crippen molar-refractivity contribution in [1.29, 1.82) is 0 Å². The standard InChI is InChI=1S/C13H11BrO5/c1-17-11-4-2-3-10(14)12(11)19-7-9-5-8(6-18-9)13(15)16/h2-6H,7H2,1H3,(H,15,16). The Labute approximate surface area is 117 Å². The molecule has 0 unspecified atom stereocenters. The number of methoxy groups -OCH3 is 1. The van der Waals surface area contributed by atoms with Crippen LogP contribution in [0.3, 0.4) is 0 Å². The summed E-state index contributed by atoms with van der Waals surface area (Å²) in [6.07, 6.45) is 1.18. The van der Waals surface area contributed by atoms with Gasteiger partial charge in [-0.05, 0) is 34.1 Å². The van der Waals surface area contributed by atoms with Crippen LogP contribution in [0.15, 0.2) is 39.4 Å². The number of carboxylic acid groups (broad SMARTS) is 1. The Morgan fingerprint density at radius 2 is 2.26 bits per heavy atom. The second kappa shape index (κ2) is 5.79. The maximum atomic E-state index is 10.7. The second-order valence-corrected chi connectivity index (χ2v) is 4.52. The Morgan fingerprint density at radius 1 is 1.47 bits per heavy atom. The molecule has 0 amide bonds. The van der Waals surface area contributed by atoms with E-state index in [0.29, 0.717) is 17.3 Å².